The van der Waals surface area contributed by atoms with Crippen molar-refractivity contribution in [1.29, 1.82) is 0 Å². The number of hydrogen-bond acceptors (Lipinski definition) is 3. The molecular formula is C13H17BrN2O2S. The maximum atomic E-state index is 12.5. The second-order valence-corrected chi connectivity index (χ2v) is 7.61. The molecule has 2 atom stereocenters. The summed E-state index contributed by atoms with van der Waals surface area (Å²) in [5.41, 5.74) is 0.709. The summed E-state index contributed by atoms with van der Waals surface area (Å²) in [6, 6.07) is 0. The number of aryl methyl sites for hydroxylation is 1. The van der Waals surface area contributed by atoms with E-state index in [-0.39, 0.29) is 16.9 Å². The summed E-state index contributed by atoms with van der Waals surface area (Å²) >= 11 is 5.11. The molecule has 1 aliphatic rings. The first kappa shape index (κ1) is 14.7. The van der Waals surface area contributed by atoms with E-state index in [0.29, 0.717) is 28.1 Å². The van der Waals surface area contributed by atoms with Crippen LogP contribution in [-0.4, -0.2) is 39.4 Å². The lowest BCUT2D eigenvalue weighted by molar-refractivity contribution is 0.0751. The lowest BCUT2D eigenvalue weighted by atomic mass is 10.2. The third-order valence-electron chi connectivity index (χ3n) is 3.14. The molecule has 0 aromatic carbocycles. The number of nitrogens with one attached hydrogen (secondary N) is 1. The van der Waals surface area contributed by atoms with Crippen molar-refractivity contribution in [1.82, 2.24) is 9.88 Å². The van der Waals surface area contributed by atoms with Gasteiger partial charge in [0.15, 0.2) is 0 Å². The highest BCUT2D eigenvalue weighted by molar-refractivity contribution is 9.10. The van der Waals surface area contributed by atoms with Crippen LogP contribution in [0, 0.1) is 6.92 Å². The average Bonchev–Trinajstić information content (AvgIpc) is 2.34. The average molecular weight is 345 g/mol. The van der Waals surface area contributed by atoms with Crippen LogP contribution in [0.4, 0.5) is 0 Å². The highest BCUT2D eigenvalue weighted by Crippen LogP contribution is 2.25. The van der Waals surface area contributed by atoms with Crippen LogP contribution in [-0.2, 0) is 0 Å². The number of halogens is 1. The summed E-state index contributed by atoms with van der Waals surface area (Å²) < 4.78 is 0.436. The van der Waals surface area contributed by atoms with Gasteiger partial charge in [0.2, 0.25) is 5.43 Å². The largest absolute Gasteiger partial charge is 0.363 e. The van der Waals surface area contributed by atoms with Gasteiger partial charge in [-0.2, -0.15) is 11.8 Å². The Kier molecular flexibility index (Phi) is 4.40. The fraction of sp³-hybridized carbons (Fsp3) is 0.538. The summed E-state index contributed by atoms with van der Waals surface area (Å²) in [4.78, 5) is 29.3. The van der Waals surface area contributed by atoms with Crippen LogP contribution in [0.25, 0.3) is 0 Å². The smallest absolute Gasteiger partial charge is 0.259 e. The number of hydrogen-bond donors (Lipinski definition) is 1. The summed E-state index contributed by atoms with van der Waals surface area (Å²) in [6.45, 7) is 7.39. The molecule has 6 heteroatoms. The molecule has 2 unspecified atom stereocenters. The Hall–Kier alpha value is -0.750. The number of aromatic nitrogens is 1. The molecule has 0 radical (unpaired) electrons. The van der Waals surface area contributed by atoms with Gasteiger partial charge in [-0.3, -0.25) is 9.59 Å². The Morgan fingerprint density at radius 1 is 1.42 bits per heavy atom. The molecule has 1 N–H and O–H groups in total. The van der Waals surface area contributed by atoms with Crippen LogP contribution in [0.2, 0.25) is 0 Å². The molecule has 1 saturated heterocycles. The molecule has 0 aliphatic carbocycles. The molecule has 1 fully saturated rings. The normalized spacial score (nSPS) is 23.5. The summed E-state index contributed by atoms with van der Waals surface area (Å²) in [7, 11) is 0. The number of thioether (sulfide) groups is 1. The molecule has 1 aromatic heterocycles. The van der Waals surface area contributed by atoms with Crippen molar-refractivity contribution in [2.24, 2.45) is 0 Å². The second kappa shape index (κ2) is 5.71. The number of rotatable bonds is 1. The Labute approximate surface area is 125 Å². The number of amides is 1. The molecule has 1 aliphatic heterocycles. The molecule has 0 saturated carbocycles. The highest BCUT2D eigenvalue weighted by atomic mass is 79.9. The summed E-state index contributed by atoms with van der Waals surface area (Å²) in [6.07, 6.45) is 1.52. The van der Waals surface area contributed by atoms with Gasteiger partial charge in [-0.1, -0.05) is 13.8 Å². The number of carbonyl (C=O) groups excluding carboxylic acids is 1. The Balaban J connectivity index is 2.30. The van der Waals surface area contributed by atoms with Gasteiger partial charge in [0.05, 0.1) is 4.47 Å². The van der Waals surface area contributed by atoms with E-state index in [9.17, 15) is 9.59 Å². The SMILES string of the molecule is Cc1[nH]cc(C(=O)N2CC(C)SC(C)C2)c(=O)c1Br. The monoisotopic (exact) mass is 344 g/mol. The molecule has 0 bridgehead atoms. The first-order chi connectivity index (χ1) is 8.90. The topological polar surface area (TPSA) is 53.2 Å². The molecule has 1 amide bonds. The Morgan fingerprint density at radius 3 is 2.58 bits per heavy atom. The first-order valence-electron chi connectivity index (χ1n) is 6.22. The van der Waals surface area contributed by atoms with Gasteiger partial charge in [-0.25, -0.2) is 0 Å². The Bertz CT molecular complexity index is 548. The minimum Gasteiger partial charge on any atom is -0.363 e. The summed E-state index contributed by atoms with van der Waals surface area (Å²) in [5, 5.41) is 0.807. The molecule has 2 rings (SSSR count). The quantitative estimate of drug-likeness (QED) is 0.851. The van der Waals surface area contributed by atoms with Gasteiger partial charge in [-0.05, 0) is 22.9 Å². The van der Waals surface area contributed by atoms with Crippen LogP contribution >= 0.6 is 27.7 Å². The van der Waals surface area contributed by atoms with Crippen molar-refractivity contribution in [3.8, 4) is 0 Å². The number of nitrogens with zero attached hydrogens (tertiary/aromatic N) is 1. The van der Waals surface area contributed by atoms with E-state index in [0.717, 1.165) is 5.69 Å². The Morgan fingerprint density at radius 2 is 2.00 bits per heavy atom. The van der Waals surface area contributed by atoms with Gasteiger partial charge in [0, 0.05) is 35.5 Å². The van der Waals surface area contributed by atoms with E-state index in [1.165, 1.54) is 6.20 Å². The second-order valence-electron chi connectivity index (χ2n) is 4.94. The third-order valence-corrected chi connectivity index (χ3v) is 5.33. The number of H-pyrrole nitrogens is 1. The van der Waals surface area contributed by atoms with Crippen molar-refractivity contribution in [3.63, 3.8) is 0 Å². The molecule has 2 heterocycles. The first-order valence-corrected chi connectivity index (χ1v) is 7.96. The van der Waals surface area contributed by atoms with Crippen molar-refractivity contribution in [2.75, 3.05) is 13.1 Å². The van der Waals surface area contributed by atoms with E-state index in [1.54, 1.807) is 11.8 Å². The summed E-state index contributed by atoms with van der Waals surface area (Å²) in [5.74, 6) is -0.180. The maximum absolute atomic E-state index is 12.5. The van der Waals surface area contributed by atoms with Crippen molar-refractivity contribution >= 4 is 33.6 Å². The van der Waals surface area contributed by atoms with Gasteiger partial charge < -0.3 is 9.88 Å². The fourth-order valence-electron chi connectivity index (χ4n) is 2.27. The predicted octanol–water partition coefficient (Wildman–Crippen LogP) is 2.41. The van der Waals surface area contributed by atoms with Crippen LogP contribution in [0.1, 0.15) is 29.9 Å². The number of aromatic amines is 1. The van der Waals surface area contributed by atoms with E-state index in [4.69, 9.17) is 0 Å². The van der Waals surface area contributed by atoms with E-state index < -0.39 is 0 Å². The zero-order valence-electron chi connectivity index (χ0n) is 11.2. The maximum Gasteiger partial charge on any atom is 0.259 e. The fourth-order valence-corrected chi connectivity index (χ4v) is 3.92. The molecule has 104 valence electrons. The molecule has 19 heavy (non-hydrogen) atoms. The van der Waals surface area contributed by atoms with E-state index in [1.807, 2.05) is 11.8 Å². The predicted molar refractivity (Wildman–Crippen MR) is 81.9 cm³/mol. The number of pyridine rings is 1. The molecule has 4 nitrogen and oxygen atoms in total. The van der Waals surface area contributed by atoms with E-state index >= 15 is 0 Å². The van der Waals surface area contributed by atoms with Crippen molar-refractivity contribution in [3.05, 3.63) is 32.2 Å². The number of carbonyl (C=O) groups is 1. The molecule has 1 aromatic rings. The lowest BCUT2D eigenvalue weighted by Gasteiger charge is -2.34. The highest BCUT2D eigenvalue weighted by Gasteiger charge is 2.28. The van der Waals surface area contributed by atoms with E-state index in [2.05, 4.69) is 34.8 Å². The standard InChI is InChI=1S/C13H17BrN2O2S/c1-7-5-16(6-8(2)19-7)13(18)10-4-15-9(3)11(14)12(10)17/h4,7-8H,5-6H2,1-3H3,(H,15,17). The van der Waals surface area contributed by atoms with Crippen LogP contribution in [0.15, 0.2) is 15.5 Å². The van der Waals surface area contributed by atoms with Crippen LogP contribution < -0.4 is 5.43 Å². The van der Waals surface area contributed by atoms with Crippen molar-refractivity contribution < 1.29 is 4.79 Å². The molecule has 0 spiro atoms. The van der Waals surface area contributed by atoms with Gasteiger partial charge in [0.1, 0.15) is 5.56 Å². The zero-order valence-corrected chi connectivity index (χ0v) is 13.6. The van der Waals surface area contributed by atoms with Crippen LogP contribution in [0.5, 0.6) is 0 Å². The van der Waals surface area contributed by atoms with Crippen LogP contribution in [0.3, 0.4) is 0 Å². The third kappa shape index (κ3) is 3.05. The van der Waals surface area contributed by atoms with Gasteiger partial charge >= 0.3 is 0 Å². The molecular weight excluding hydrogens is 328 g/mol. The van der Waals surface area contributed by atoms with Crippen molar-refractivity contribution in [2.45, 2.75) is 31.3 Å². The lowest BCUT2D eigenvalue weighted by Crippen LogP contribution is -2.45. The zero-order chi connectivity index (χ0) is 14.2. The van der Waals surface area contributed by atoms with Gasteiger partial charge in [-0.15, -0.1) is 0 Å². The minimum atomic E-state index is -0.236. The van der Waals surface area contributed by atoms with Gasteiger partial charge in [0.25, 0.3) is 5.91 Å². The minimum absolute atomic E-state index is 0.180.